The number of methoxy groups -OCH3 is 1. The summed E-state index contributed by atoms with van der Waals surface area (Å²) in [5.41, 5.74) is 4.39. The topological polar surface area (TPSA) is 70.9 Å². The van der Waals surface area contributed by atoms with Crippen LogP contribution in [0.25, 0.3) is 0 Å². The average molecular weight is 298 g/mol. The minimum atomic E-state index is -1.24. The molecule has 0 aliphatic carbocycles. The van der Waals surface area contributed by atoms with Crippen LogP contribution in [-0.4, -0.2) is 23.8 Å². The summed E-state index contributed by atoms with van der Waals surface area (Å²) in [4.78, 5) is 11.9. The first-order valence-corrected chi connectivity index (χ1v) is 6.83. The summed E-state index contributed by atoms with van der Waals surface area (Å²) >= 11 is 0. The van der Waals surface area contributed by atoms with Gasteiger partial charge in [0.05, 0.1) is 12.8 Å². The Morgan fingerprint density at radius 3 is 2.36 bits per heavy atom. The van der Waals surface area contributed by atoms with E-state index in [9.17, 15) is 9.90 Å². The smallest absolute Gasteiger partial charge is 0.273 e. The standard InChI is InChI=1S/C17H18N2O3/c1-12(13-8-10-15(22-2)11-9-13)18-19-17(21)16(20)14-6-4-3-5-7-14/h3-11,16,20H,1-2H3,(H,19,21)/b18-12-/t16-/m0/s1. The van der Waals surface area contributed by atoms with Crippen LogP contribution in [0.5, 0.6) is 5.75 Å². The molecule has 1 amide bonds. The number of aliphatic hydroxyl groups is 1. The van der Waals surface area contributed by atoms with Gasteiger partial charge in [-0.3, -0.25) is 4.79 Å². The molecule has 2 N–H and O–H groups in total. The molecule has 0 radical (unpaired) electrons. The van der Waals surface area contributed by atoms with Crippen molar-refractivity contribution in [3.05, 3.63) is 65.7 Å². The first-order chi connectivity index (χ1) is 10.6. The van der Waals surface area contributed by atoms with E-state index in [0.717, 1.165) is 11.3 Å². The van der Waals surface area contributed by atoms with Gasteiger partial charge in [-0.05, 0) is 42.3 Å². The van der Waals surface area contributed by atoms with Gasteiger partial charge in [0.2, 0.25) is 0 Å². The number of amides is 1. The van der Waals surface area contributed by atoms with Crippen LogP contribution in [0.2, 0.25) is 0 Å². The summed E-state index contributed by atoms with van der Waals surface area (Å²) in [6.07, 6.45) is -1.24. The first kappa shape index (κ1) is 15.7. The molecule has 5 nitrogen and oxygen atoms in total. The number of rotatable bonds is 5. The van der Waals surface area contributed by atoms with Crippen molar-refractivity contribution >= 4 is 11.6 Å². The van der Waals surface area contributed by atoms with Crippen molar-refractivity contribution < 1.29 is 14.6 Å². The highest BCUT2D eigenvalue weighted by molar-refractivity contribution is 5.99. The fourth-order valence-corrected chi connectivity index (χ4v) is 1.88. The van der Waals surface area contributed by atoms with Crippen LogP contribution in [0.15, 0.2) is 59.7 Å². The Morgan fingerprint density at radius 1 is 1.14 bits per heavy atom. The zero-order valence-corrected chi connectivity index (χ0v) is 12.5. The van der Waals surface area contributed by atoms with Gasteiger partial charge in [-0.15, -0.1) is 0 Å². The highest BCUT2D eigenvalue weighted by atomic mass is 16.5. The molecule has 114 valence electrons. The summed E-state index contributed by atoms with van der Waals surface area (Å²) in [5, 5.41) is 14.0. The molecule has 0 aromatic heterocycles. The summed E-state index contributed by atoms with van der Waals surface area (Å²) in [7, 11) is 1.60. The van der Waals surface area contributed by atoms with Gasteiger partial charge in [0.15, 0.2) is 6.10 Å². The van der Waals surface area contributed by atoms with E-state index in [4.69, 9.17) is 4.74 Å². The predicted molar refractivity (Wildman–Crippen MR) is 84.7 cm³/mol. The van der Waals surface area contributed by atoms with Gasteiger partial charge in [0.1, 0.15) is 5.75 Å². The lowest BCUT2D eigenvalue weighted by atomic mass is 10.1. The van der Waals surface area contributed by atoms with Crippen molar-refractivity contribution in [3.63, 3.8) is 0 Å². The van der Waals surface area contributed by atoms with Crippen molar-refractivity contribution in [2.24, 2.45) is 5.10 Å². The summed E-state index contributed by atoms with van der Waals surface area (Å²) in [6.45, 7) is 1.77. The van der Waals surface area contributed by atoms with Crippen molar-refractivity contribution in [2.75, 3.05) is 7.11 Å². The largest absolute Gasteiger partial charge is 0.497 e. The fraction of sp³-hybridized carbons (Fsp3) is 0.176. The molecule has 22 heavy (non-hydrogen) atoms. The molecule has 0 saturated heterocycles. The van der Waals surface area contributed by atoms with E-state index in [1.54, 1.807) is 38.3 Å². The minimum Gasteiger partial charge on any atom is -0.497 e. The Morgan fingerprint density at radius 2 is 1.77 bits per heavy atom. The monoisotopic (exact) mass is 298 g/mol. The van der Waals surface area contributed by atoms with Gasteiger partial charge >= 0.3 is 0 Å². The van der Waals surface area contributed by atoms with Gasteiger partial charge in [-0.25, -0.2) is 5.43 Å². The number of hydrazone groups is 1. The van der Waals surface area contributed by atoms with Gasteiger partial charge in [0.25, 0.3) is 5.91 Å². The Kier molecular flexibility index (Phi) is 5.27. The SMILES string of the molecule is COc1ccc(/C(C)=N\NC(=O)[C@@H](O)c2ccccc2)cc1. The van der Waals surface area contributed by atoms with Gasteiger partial charge < -0.3 is 9.84 Å². The van der Waals surface area contributed by atoms with E-state index < -0.39 is 12.0 Å². The van der Waals surface area contributed by atoms with Crippen LogP contribution in [0.4, 0.5) is 0 Å². The van der Waals surface area contributed by atoms with Crippen LogP contribution in [0.3, 0.4) is 0 Å². The molecule has 2 aromatic rings. The Labute approximate surface area is 129 Å². The Balaban J connectivity index is 2.02. The third kappa shape index (κ3) is 3.93. The lowest BCUT2D eigenvalue weighted by Gasteiger charge is -2.09. The van der Waals surface area contributed by atoms with Crippen LogP contribution < -0.4 is 10.2 Å². The molecular weight excluding hydrogens is 280 g/mol. The number of carbonyl (C=O) groups is 1. The van der Waals surface area contributed by atoms with Crippen LogP contribution >= 0.6 is 0 Å². The maximum absolute atomic E-state index is 11.9. The van der Waals surface area contributed by atoms with Crippen molar-refractivity contribution in [1.29, 1.82) is 0 Å². The second-order valence-electron chi connectivity index (χ2n) is 4.71. The van der Waals surface area contributed by atoms with Crippen molar-refractivity contribution in [3.8, 4) is 5.75 Å². The Hall–Kier alpha value is -2.66. The molecular formula is C17H18N2O3. The molecule has 0 heterocycles. The van der Waals surface area contributed by atoms with Crippen LogP contribution in [0.1, 0.15) is 24.2 Å². The quantitative estimate of drug-likeness (QED) is 0.657. The average Bonchev–Trinajstić information content (AvgIpc) is 2.59. The zero-order chi connectivity index (χ0) is 15.9. The number of nitrogens with one attached hydrogen (secondary N) is 1. The minimum absolute atomic E-state index is 0.525. The molecule has 5 heteroatoms. The van der Waals surface area contributed by atoms with E-state index >= 15 is 0 Å². The van der Waals surface area contributed by atoms with E-state index in [1.807, 2.05) is 30.3 Å². The second-order valence-corrected chi connectivity index (χ2v) is 4.71. The highest BCUT2D eigenvalue weighted by Crippen LogP contribution is 2.13. The van der Waals surface area contributed by atoms with E-state index in [1.165, 1.54) is 0 Å². The second kappa shape index (κ2) is 7.38. The van der Waals surface area contributed by atoms with E-state index in [-0.39, 0.29) is 0 Å². The highest BCUT2D eigenvalue weighted by Gasteiger charge is 2.16. The maximum atomic E-state index is 11.9. The maximum Gasteiger partial charge on any atom is 0.273 e. The third-order valence-electron chi connectivity index (χ3n) is 3.21. The van der Waals surface area contributed by atoms with E-state index in [0.29, 0.717) is 11.3 Å². The van der Waals surface area contributed by atoms with E-state index in [2.05, 4.69) is 10.5 Å². The zero-order valence-electron chi connectivity index (χ0n) is 12.5. The summed E-state index contributed by atoms with van der Waals surface area (Å²) < 4.78 is 5.08. The number of aliphatic hydroxyl groups excluding tert-OH is 1. The lowest BCUT2D eigenvalue weighted by molar-refractivity contribution is -0.129. The van der Waals surface area contributed by atoms with Crippen molar-refractivity contribution in [2.45, 2.75) is 13.0 Å². The molecule has 1 atom stereocenters. The van der Waals surface area contributed by atoms with Gasteiger partial charge in [-0.1, -0.05) is 30.3 Å². The predicted octanol–water partition coefficient (Wildman–Crippen LogP) is 2.27. The molecule has 0 bridgehead atoms. The summed E-state index contributed by atoms with van der Waals surface area (Å²) in [6, 6.07) is 16.0. The molecule has 2 rings (SSSR count). The number of hydrogen-bond acceptors (Lipinski definition) is 4. The molecule has 0 saturated carbocycles. The Bertz CT molecular complexity index is 651. The molecule has 2 aromatic carbocycles. The molecule has 0 spiro atoms. The first-order valence-electron chi connectivity index (χ1n) is 6.83. The van der Waals surface area contributed by atoms with Crippen LogP contribution in [0, 0.1) is 0 Å². The van der Waals surface area contributed by atoms with Crippen LogP contribution in [-0.2, 0) is 4.79 Å². The normalized spacial score (nSPS) is 12.6. The number of ether oxygens (including phenoxy) is 1. The van der Waals surface area contributed by atoms with Gasteiger partial charge in [0, 0.05) is 0 Å². The summed E-state index contributed by atoms with van der Waals surface area (Å²) in [5.74, 6) is 0.180. The third-order valence-corrected chi connectivity index (χ3v) is 3.21. The fourth-order valence-electron chi connectivity index (χ4n) is 1.88. The van der Waals surface area contributed by atoms with Crippen molar-refractivity contribution in [1.82, 2.24) is 5.43 Å². The lowest BCUT2D eigenvalue weighted by Crippen LogP contribution is -2.26. The van der Waals surface area contributed by atoms with Gasteiger partial charge in [-0.2, -0.15) is 5.10 Å². The molecule has 0 aliphatic heterocycles. The number of nitrogens with zero attached hydrogens (tertiary/aromatic N) is 1. The molecule has 0 aliphatic rings. The molecule has 0 fully saturated rings. The number of hydrogen-bond donors (Lipinski definition) is 2. The molecule has 0 unspecified atom stereocenters. The number of carbonyl (C=O) groups excluding carboxylic acids is 1. The number of benzene rings is 2.